The van der Waals surface area contributed by atoms with Gasteiger partial charge in [-0.3, -0.25) is 4.84 Å². The van der Waals surface area contributed by atoms with Crippen molar-refractivity contribution < 1.29 is 18.5 Å². The molecule has 2 aliphatic heterocycles. The molecule has 0 radical (unpaired) electrons. The Morgan fingerprint density at radius 3 is 2.52 bits per heavy atom. The third-order valence-corrected chi connectivity index (χ3v) is 10.4. The second-order valence-electron chi connectivity index (χ2n) is 8.10. The van der Waals surface area contributed by atoms with Crippen molar-refractivity contribution in [3.05, 3.63) is 42.1 Å². The van der Waals surface area contributed by atoms with E-state index >= 15 is 0 Å². The minimum Gasteiger partial charge on any atom is -0.497 e. The Hall–Kier alpha value is -0.966. The van der Waals surface area contributed by atoms with Crippen molar-refractivity contribution >= 4 is 16.6 Å². The largest absolute Gasteiger partial charge is 0.497 e. The maximum Gasteiger partial charge on any atom is 0.241 e. The Morgan fingerprint density at radius 1 is 1.32 bits per heavy atom. The van der Waals surface area contributed by atoms with E-state index in [2.05, 4.69) is 51.8 Å². The third-order valence-electron chi connectivity index (χ3n) is 5.48. The molecular weight excluding hydrogens is 350 g/mol. The van der Waals surface area contributed by atoms with Crippen LogP contribution in [0.1, 0.15) is 18.6 Å². The molecule has 0 saturated carbocycles. The second kappa shape index (κ2) is 6.33. The van der Waals surface area contributed by atoms with Crippen molar-refractivity contribution in [1.29, 1.82) is 0 Å². The molecule has 2 aliphatic rings. The van der Waals surface area contributed by atoms with Crippen LogP contribution in [0.3, 0.4) is 0 Å². The summed E-state index contributed by atoms with van der Waals surface area (Å²) in [6, 6.07) is 8.11. The molecule has 0 spiro atoms. The first-order valence-electron chi connectivity index (χ1n) is 8.71. The van der Waals surface area contributed by atoms with E-state index in [0.29, 0.717) is 12.1 Å². The molecule has 2 fully saturated rings. The quantitative estimate of drug-likeness (QED) is 0.717. The molecule has 0 amide bonds. The molecule has 7 heteroatoms. The average molecular weight is 380 g/mol. The number of hydrogen-bond acceptors (Lipinski definition) is 5. The van der Waals surface area contributed by atoms with Gasteiger partial charge in [-0.15, -0.1) is 6.58 Å². The molecule has 0 bridgehead atoms. The van der Waals surface area contributed by atoms with E-state index in [9.17, 15) is 0 Å². The van der Waals surface area contributed by atoms with Gasteiger partial charge in [0, 0.05) is 5.54 Å². The van der Waals surface area contributed by atoms with Crippen molar-refractivity contribution in [1.82, 2.24) is 5.23 Å². The van der Waals surface area contributed by atoms with E-state index in [1.54, 1.807) is 12.3 Å². The van der Waals surface area contributed by atoms with Crippen molar-refractivity contribution in [2.75, 3.05) is 13.7 Å². The molecular formula is C18H29NO4Si2. The summed E-state index contributed by atoms with van der Waals surface area (Å²) in [6.45, 7) is 15.5. The van der Waals surface area contributed by atoms with Crippen molar-refractivity contribution in [2.24, 2.45) is 0 Å². The Kier molecular flexibility index (Phi) is 4.76. The van der Waals surface area contributed by atoms with E-state index in [-0.39, 0.29) is 11.6 Å². The lowest BCUT2D eigenvalue weighted by molar-refractivity contribution is -0.342. The molecule has 25 heavy (non-hydrogen) atoms. The number of hydroxylamine groups is 2. The Balaban J connectivity index is 1.98. The third kappa shape index (κ3) is 3.13. The minimum atomic E-state index is -2.04. The van der Waals surface area contributed by atoms with Gasteiger partial charge >= 0.3 is 0 Å². The zero-order valence-electron chi connectivity index (χ0n) is 16.0. The predicted octanol–water partition coefficient (Wildman–Crippen LogP) is 4.21. The lowest BCUT2D eigenvalue weighted by atomic mass is 9.87. The number of rotatable bonds is 5. The average Bonchev–Trinajstić information content (AvgIpc) is 3.00. The summed E-state index contributed by atoms with van der Waals surface area (Å²) in [7, 11) is -2.28. The van der Waals surface area contributed by atoms with Crippen molar-refractivity contribution in [2.45, 2.75) is 50.3 Å². The number of nitrogens with zero attached hydrogens (tertiary/aromatic N) is 1. The van der Waals surface area contributed by atoms with Gasteiger partial charge in [0.05, 0.1) is 19.8 Å². The second-order valence-corrected chi connectivity index (χ2v) is 16.0. The summed E-state index contributed by atoms with van der Waals surface area (Å²) in [5.41, 5.74) is 3.04. The first-order valence-corrected chi connectivity index (χ1v) is 14.7. The van der Waals surface area contributed by atoms with E-state index in [0.717, 1.165) is 11.3 Å². The van der Waals surface area contributed by atoms with Gasteiger partial charge in [-0.1, -0.05) is 23.1 Å². The Labute approximate surface area is 152 Å². The van der Waals surface area contributed by atoms with Gasteiger partial charge in [0.15, 0.2) is 8.32 Å². The number of fused-ring (bicyclic) bond motifs is 1. The number of ether oxygens (including phenoxy) is 1. The van der Waals surface area contributed by atoms with Gasteiger partial charge in [0.2, 0.25) is 8.32 Å². The SMILES string of the molecule is C=C[Si](C)(C)ON1OC[C@@H]2[C@@]1(C)[C@@H](c1ccc(OC)cc1)O[Si]2(C)C. The van der Waals surface area contributed by atoms with Crippen LogP contribution in [0.5, 0.6) is 5.75 Å². The zero-order valence-corrected chi connectivity index (χ0v) is 18.0. The maximum absolute atomic E-state index is 6.64. The van der Waals surface area contributed by atoms with E-state index in [1.807, 2.05) is 17.8 Å². The first-order chi connectivity index (χ1) is 11.6. The highest BCUT2D eigenvalue weighted by Gasteiger charge is 2.66. The summed E-state index contributed by atoms with van der Waals surface area (Å²) in [6.07, 6.45) is -0.0952. The highest BCUT2D eigenvalue weighted by atomic mass is 28.4. The fourth-order valence-electron chi connectivity index (χ4n) is 3.83. The first kappa shape index (κ1) is 18.8. The van der Waals surface area contributed by atoms with E-state index in [1.165, 1.54) is 0 Å². The molecule has 3 rings (SSSR count). The fraction of sp³-hybridized carbons (Fsp3) is 0.556. The molecule has 2 saturated heterocycles. The van der Waals surface area contributed by atoms with Gasteiger partial charge in [-0.05, 0) is 50.8 Å². The van der Waals surface area contributed by atoms with Crippen LogP contribution in [0, 0.1) is 0 Å². The standard InChI is InChI=1S/C18H29NO4Si2/c1-8-24(4,5)23-19-18(2)16(13-21-19)25(6,7)22-17(18)14-9-11-15(20-3)12-10-14/h8-12,16-17H,1,13H2,2-7H3/t16-,17-,18+/m1/s1. The van der Waals surface area contributed by atoms with Gasteiger partial charge in [0.25, 0.3) is 0 Å². The minimum absolute atomic E-state index is 0.0952. The summed E-state index contributed by atoms with van der Waals surface area (Å²) >= 11 is 0. The van der Waals surface area contributed by atoms with Gasteiger partial charge in [-0.25, -0.2) is 0 Å². The van der Waals surface area contributed by atoms with E-state index < -0.39 is 16.6 Å². The summed E-state index contributed by atoms with van der Waals surface area (Å²) < 4.78 is 18.2. The summed E-state index contributed by atoms with van der Waals surface area (Å²) in [5.74, 6) is 0.843. The van der Waals surface area contributed by atoms with Crippen molar-refractivity contribution in [3.63, 3.8) is 0 Å². The lowest BCUT2D eigenvalue weighted by Gasteiger charge is -2.39. The molecule has 5 nitrogen and oxygen atoms in total. The Morgan fingerprint density at radius 2 is 1.96 bits per heavy atom. The monoisotopic (exact) mass is 379 g/mol. The van der Waals surface area contributed by atoms with Crippen LogP contribution in [-0.2, 0) is 13.8 Å². The van der Waals surface area contributed by atoms with Crippen LogP contribution in [-0.4, -0.2) is 41.1 Å². The van der Waals surface area contributed by atoms with Gasteiger partial charge in [-0.2, -0.15) is 0 Å². The highest BCUT2D eigenvalue weighted by molar-refractivity contribution is 6.76. The Bertz CT molecular complexity index is 649. The van der Waals surface area contributed by atoms with Crippen LogP contribution in [0.25, 0.3) is 0 Å². The van der Waals surface area contributed by atoms with Crippen LogP contribution in [0.15, 0.2) is 36.5 Å². The molecule has 3 atom stereocenters. The van der Waals surface area contributed by atoms with Crippen LogP contribution in [0.2, 0.25) is 31.7 Å². The summed E-state index contributed by atoms with van der Waals surface area (Å²) in [5, 5.41) is 1.74. The number of methoxy groups -OCH3 is 1. The molecule has 1 aromatic rings. The fourth-order valence-corrected chi connectivity index (χ4v) is 7.86. The molecule has 0 unspecified atom stereocenters. The smallest absolute Gasteiger partial charge is 0.241 e. The van der Waals surface area contributed by atoms with Gasteiger partial charge in [0.1, 0.15) is 11.3 Å². The van der Waals surface area contributed by atoms with Crippen LogP contribution in [0.4, 0.5) is 0 Å². The van der Waals surface area contributed by atoms with Gasteiger partial charge < -0.3 is 13.7 Å². The summed E-state index contributed by atoms with van der Waals surface area (Å²) in [4.78, 5) is 6.02. The van der Waals surface area contributed by atoms with Crippen molar-refractivity contribution in [3.8, 4) is 5.75 Å². The number of benzene rings is 1. The molecule has 2 heterocycles. The normalized spacial score (nSPS) is 31.8. The molecule has 0 N–H and O–H groups in total. The molecule has 138 valence electrons. The van der Waals surface area contributed by atoms with E-state index in [4.69, 9.17) is 18.5 Å². The maximum atomic E-state index is 6.64. The highest BCUT2D eigenvalue weighted by Crippen LogP contribution is 2.58. The molecule has 0 aromatic heterocycles. The lowest BCUT2D eigenvalue weighted by Crippen LogP contribution is -2.50. The molecule has 1 aromatic carbocycles. The zero-order chi connectivity index (χ0) is 18.5. The topological polar surface area (TPSA) is 40.2 Å². The van der Waals surface area contributed by atoms with Crippen LogP contribution >= 0.6 is 0 Å². The molecule has 0 aliphatic carbocycles. The van der Waals surface area contributed by atoms with Crippen LogP contribution < -0.4 is 4.74 Å². The predicted molar refractivity (Wildman–Crippen MR) is 103 cm³/mol. The number of hydrogen-bond donors (Lipinski definition) is 0.